The van der Waals surface area contributed by atoms with Crippen molar-refractivity contribution < 1.29 is 9.53 Å². The van der Waals surface area contributed by atoms with E-state index in [0.717, 1.165) is 5.56 Å². The standard InChI is InChI=1S/C12H13N3O2/c1-17-12(16)11-10(13)8-15(14-11)7-9-5-3-2-4-6-9/h2-6,8H,7,13H2,1H3. The van der Waals surface area contributed by atoms with Crippen molar-refractivity contribution in [1.82, 2.24) is 9.78 Å². The molecule has 0 amide bonds. The quantitative estimate of drug-likeness (QED) is 0.808. The molecule has 2 aromatic rings. The number of esters is 1. The molecule has 0 unspecified atom stereocenters. The molecular weight excluding hydrogens is 218 g/mol. The molecule has 0 atom stereocenters. The minimum atomic E-state index is -0.519. The number of hydrogen-bond acceptors (Lipinski definition) is 4. The average Bonchev–Trinajstić information content (AvgIpc) is 2.70. The predicted molar refractivity (Wildman–Crippen MR) is 63.5 cm³/mol. The largest absolute Gasteiger partial charge is 0.464 e. The number of nitrogens with two attached hydrogens (primary N) is 1. The first-order valence-corrected chi connectivity index (χ1v) is 5.16. The lowest BCUT2D eigenvalue weighted by Gasteiger charge is -2.00. The molecule has 0 radical (unpaired) electrons. The first-order chi connectivity index (χ1) is 8.20. The van der Waals surface area contributed by atoms with E-state index >= 15 is 0 Å². The Labute approximate surface area is 98.8 Å². The smallest absolute Gasteiger partial charge is 0.360 e. The van der Waals surface area contributed by atoms with Crippen molar-refractivity contribution in [3.05, 3.63) is 47.8 Å². The summed E-state index contributed by atoms with van der Waals surface area (Å²) in [6.45, 7) is 0.571. The van der Waals surface area contributed by atoms with E-state index in [1.807, 2.05) is 30.3 Å². The molecule has 2 N–H and O–H groups in total. The maximum atomic E-state index is 11.3. The maximum Gasteiger partial charge on any atom is 0.360 e. The normalized spacial score (nSPS) is 10.2. The van der Waals surface area contributed by atoms with Crippen molar-refractivity contribution in [2.75, 3.05) is 12.8 Å². The fourth-order valence-corrected chi connectivity index (χ4v) is 1.54. The number of benzene rings is 1. The average molecular weight is 231 g/mol. The van der Waals surface area contributed by atoms with Crippen LogP contribution in [-0.2, 0) is 11.3 Å². The number of nitrogens with zero attached hydrogens (tertiary/aromatic N) is 2. The Morgan fingerprint density at radius 2 is 2.12 bits per heavy atom. The Kier molecular flexibility index (Phi) is 3.09. The first-order valence-electron chi connectivity index (χ1n) is 5.16. The lowest BCUT2D eigenvalue weighted by atomic mass is 10.2. The van der Waals surface area contributed by atoms with Gasteiger partial charge in [0.05, 0.1) is 19.3 Å². The van der Waals surface area contributed by atoms with Gasteiger partial charge in [0.1, 0.15) is 0 Å². The van der Waals surface area contributed by atoms with E-state index in [9.17, 15) is 4.79 Å². The summed E-state index contributed by atoms with van der Waals surface area (Å²) in [7, 11) is 1.30. The van der Waals surface area contributed by atoms with Crippen LogP contribution in [0.2, 0.25) is 0 Å². The summed E-state index contributed by atoms with van der Waals surface area (Å²) in [4.78, 5) is 11.3. The van der Waals surface area contributed by atoms with Crippen LogP contribution in [0.15, 0.2) is 36.5 Å². The van der Waals surface area contributed by atoms with Gasteiger partial charge in [-0.2, -0.15) is 5.10 Å². The highest BCUT2D eigenvalue weighted by atomic mass is 16.5. The van der Waals surface area contributed by atoms with Crippen LogP contribution in [0, 0.1) is 0 Å². The van der Waals surface area contributed by atoms with Crippen LogP contribution in [0.1, 0.15) is 16.1 Å². The summed E-state index contributed by atoms with van der Waals surface area (Å²) in [6.07, 6.45) is 1.62. The van der Waals surface area contributed by atoms with Gasteiger partial charge in [-0.05, 0) is 5.56 Å². The van der Waals surface area contributed by atoms with Crippen molar-refractivity contribution >= 4 is 11.7 Å². The SMILES string of the molecule is COC(=O)c1nn(Cc2ccccc2)cc1N. The molecule has 1 heterocycles. The van der Waals surface area contributed by atoms with Crippen molar-refractivity contribution in [1.29, 1.82) is 0 Å². The van der Waals surface area contributed by atoms with Gasteiger partial charge in [-0.1, -0.05) is 30.3 Å². The topological polar surface area (TPSA) is 70.1 Å². The lowest BCUT2D eigenvalue weighted by Crippen LogP contribution is -2.07. The summed E-state index contributed by atoms with van der Waals surface area (Å²) in [5.41, 5.74) is 7.26. The molecular formula is C12H13N3O2. The van der Waals surface area contributed by atoms with Gasteiger partial charge in [-0.25, -0.2) is 4.79 Å². The second-order valence-electron chi connectivity index (χ2n) is 3.61. The monoisotopic (exact) mass is 231 g/mol. The number of methoxy groups -OCH3 is 1. The summed E-state index contributed by atoms with van der Waals surface area (Å²) < 4.78 is 6.21. The third-order valence-corrected chi connectivity index (χ3v) is 2.36. The molecule has 1 aromatic heterocycles. The molecule has 0 aliphatic heterocycles. The first kappa shape index (κ1) is 11.2. The lowest BCUT2D eigenvalue weighted by molar-refractivity contribution is 0.0594. The molecule has 0 fully saturated rings. The Morgan fingerprint density at radius 1 is 1.41 bits per heavy atom. The number of anilines is 1. The van der Waals surface area contributed by atoms with E-state index in [4.69, 9.17) is 5.73 Å². The Bertz CT molecular complexity index is 520. The van der Waals surface area contributed by atoms with Gasteiger partial charge < -0.3 is 10.5 Å². The summed E-state index contributed by atoms with van der Waals surface area (Å²) in [5, 5.41) is 4.09. The van der Waals surface area contributed by atoms with Gasteiger partial charge in [-0.15, -0.1) is 0 Å². The van der Waals surface area contributed by atoms with Crippen LogP contribution in [0.4, 0.5) is 5.69 Å². The molecule has 1 aromatic carbocycles. The number of rotatable bonds is 3. The summed E-state index contributed by atoms with van der Waals surface area (Å²) in [5.74, 6) is -0.519. The highest BCUT2D eigenvalue weighted by Crippen LogP contribution is 2.11. The van der Waals surface area contributed by atoms with Gasteiger partial charge >= 0.3 is 5.97 Å². The maximum absolute atomic E-state index is 11.3. The van der Waals surface area contributed by atoms with Crippen molar-refractivity contribution in [2.45, 2.75) is 6.54 Å². The molecule has 0 saturated carbocycles. The van der Waals surface area contributed by atoms with Crippen molar-refractivity contribution in [3.63, 3.8) is 0 Å². The molecule has 88 valence electrons. The van der Waals surface area contributed by atoms with Crippen LogP contribution >= 0.6 is 0 Å². The molecule has 0 spiro atoms. The highest BCUT2D eigenvalue weighted by Gasteiger charge is 2.14. The van der Waals surface area contributed by atoms with Gasteiger partial charge in [0.25, 0.3) is 0 Å². The van der Waals surface area contributed by atoms with Crippen molar-refractivity contribution in [2.24, 2.45) is 0 Å². The fraction of sp³-hybridized carbons (Fsp3) is 0.167. The molecule has 17 heavy (non-hydrogen) atoms. The summed E-state index contributed by atoms with van der Waals surface area (Å²) in [6, 6.07) is 9.80. The van der Waals surface area contributed by atoms with Crippen molar-refractivity contribution in [3.8, 4) is 0 Å². The summed E-state index contributed by atoms with van der Waals surface area (Å²) >= 11 is 0. The van der Waals surface area contributed by atoms with Gasteiger partial charge in [0, 0.05) is 6.20 Å². The van der Waals surface area contributed by atoms with E-state index in [2.05, 4.69) is 9.84 Å². The Morgan fingerprint density at radius 3 is 2.76 bits per heavy atom. The van der Waals surface area contributed by atoms with Gasteiger partial charge in [0.2, 0.25) is 0 Å². The van der Waals surface area contributed by atoms with Crippen LogP contribution in [0.3, 0.4) is 0 Å². The highest BCUT2D eigenvalue weighted by molar-refractivity contribution is 5.92. The van der Waals surface area contributed by atoms with Crippen LogP contribution < -0.4 is 5.73 Å². The third-order valence-electron chi connectivity index (χ3n) is 2.36. The molecule has 0 bridgehead atoms. The predicted octanol–water partition coefficient (Wildman–Crippen LogP) is 1.30. The number of carbonyl (C=O) groups is 1. The van der Waals surface area contributed by atoms with E-state index in [-0.39, 0.29) is 5.69 Å². The minimum absolute atomic E-state index is 0.156. The Balaban J connectivity index is 2.21. The van der Waals surface area contributed by atoms with E-state index in [1.165, 1.54) is 7.11 Å². The number of aromatic nitrogens is 2. The van der Waals surface area contributed by atoms with Gasteiger partial charge in [0.15, 0.2) is 5.69 Å². The fourth-order valence-electron chi connectivity index (χ4n) is 1.54. The van der Waals surface area contributed by atoms with Crippen LogP contribution in [0.25, 0.3) is 0 Å². The number of hydrogen-bond donors (Lipinski definition) is 1. The molecule has 0 aliphatic rings. The molecule has 0 saturated heterocycles. The van der Waals surface area contributed by atoms with Gasteiger partial charge in [-0.3, -0.25) is 4.68 Å². The number of carbonyl (C=O) groups excluding carboxylic acids is 1. The zero-order chi connectivity index (χ0) is 12.3. The van der Waals surface area contributed by atoms with E-state index in [0.29, 0.717) is 12.2 Å². The number of nitrogen functional groups attached to an aromatic ring is 1. The molecule has 2 rings (SSSR count). The Hall–Kier alpha value is -2.30. The van der Waals surface area contributed by atoms with Crippen LogP contribution in [-0.4, -0.2) is 22.9 Å². The zero-order valence-electron chi connectivity index (χ0n) is 9.46. The second kappa shape index (κ2) is 4.69. The third kappa shape index (κ3) is 2.44. The molecule has 5 nitrogen and oxygen atoms in total. The number of ether oxygens (including phenoxy) is 1. The second-order valence-corrected chi connectivity index (χ2v) is 3.61. The minimum Gasteiger partial charge on any atom is -0.464 e. The molecule has 0 aliphatic carbocycles. The zero-order valence-corrected chi connectivity index (χ0v) is 9.46. The van der Waals surface area contributed by atoms with E-state index in [1.54, 1.807) is 10.9 Å². The molecule has 5 heteroatoms. The van der Waals surface area contributed by atoms with Crippen LogP contribution in [0.5, 0.6) is 0 Å². The van der Waals surface area contributed by atoms with E-state index < -0.39 is 5.97 Å².